The maximum absolute atomic E-state index is 11.3. The fourth-order valence-electron chi connectivity index (χ4n) is 4.83. The van der Waals surface area contributed by atoms with Crippen LogP contribution in [-0.2, 0) is 43.6 Å². The van der Waals surface area contributed by atoms with Crippen LogP contribution >= 0.6 is 0 Å². The first-order valence-corrected chi connectivity index (χ1v) is 20.9. The number of ether oxygens (including phenoxy) is 2. The molecule has 1 atom stereocenters. The van der Waals surface area contributed by atoms with Gasteiger partial charge in [0, 0.05) is 39.5 Å². The molecule has 0 aromatic rings. The Morgan fingerprint density at radius 1 is 0.696 bits per heavy atom. The number of esters is 2. The zero-order valence-corrected chi connectivity index (χ0v) is 42.7. The summed E-state index contributed by atoms with van der Waals surface area (Å²) in [5, 5.41) is 31.8. The molecule has 0 fully saturated rings. The van der Waals surface area contributed by atoms with Crippen LogP contribution in [0.4, 0.5) is 0 Å². The number of carbonyl (C=O) groups excluding carboxylic acids is 5. The van der Waals surface area contributed by atoms with Gasteiger partial charge in [-0.15, -0.1) is 0 Å². The summed E-state index contributed by atoms with van der Waals surface area (Å²) >= 11 is 0. The number of carboxylic acid groups (broad SMARTS) is 2. The van der Waals surface area contributed by atoms with Crippen molar-refractivity contribution in [2.45, 2.75) is 162 Å². The van der Waals surface area contributed by atoms with Gasteiger partial charge in [-0.2, -0.15) is 0 Å². The first-order chi connectivity index (χ1) is 25.1. The molecule has 0 aliphatic carbocycles. The number of carboxylic acids is 2. The third-order valence-electron chi connectivity index (χ3n) is 7.75. The summed E-state index contributed by atoms with van der Waals surface area (Å²) < 4.78 is 40.2. The van der Waals surface area contributed by atoms with E-state index in [0.29, 0.717) is 19.5 Å². The van der Waals surface area contributed by atoms with Crippen LogP contribution in [0.3, 0.4) is 0 Å². The number of rotatable bonds is 32. The molecule has 0 bridgehead atoms. The molecule has 56 heavy (non-hydrogen) atoms. The standard InChI is InChI=1S/C15H28O4.C14H28O5S.C8H16N2O4.3Na/c1-3-4-5-6-7-8-9-10-11-12-14(16)19-13(2)15(17)18;1-2-3-4-5-6-7-8-9-10-11-12-19-14(15)13-20(16,17)18;1-7(12)9-2-3-10(4-5-11)6-8(13)14;;;/h13H,3-12H2,1-2H3,(H,17,18);2-13H2,1H3,(H,16,17,18);11H,2-6H2,1H3,(H,9,12)(H,13,14);;;/q;;;3*+1/p-3. The molecular weight excluding hydrogens is 781 g/mol. The fourth-order valence-corrected chi connectivity index (χ4v) is 5.20. The van der Waals surface area contributed by atoms with Crippen molar-refractivity contribution in [3.63, 3.8) is 0 Å². The molecule has 0 saturated heterocycles. The van der Waals surface area contributed by atoms with Crippen LogP contribution in [0.15, 0.2) is 0 Å². The van der Waals surface area contributed by atoms with E-state index in [0.717, 1.165) is 38.5 Å². The van der Waals surface area contributed by atoms with E-state index in [4.69, 9.17) is 5.11 Å². The Balaban J connectivity index is -0.000000165. The number of nitrogens with zero attached hydrogens (tertiary/aromatic N) is 1. The van der Waals surface area contributed by atoms with Gasteiger partial charge >= 0.3 is 101 Å². The predicted octanol–water partition coefficient (Wildman–Crippen LogP) is -6.24. The van der Waals surface area contributed by atoms with Gasteiger partial charge in [-0.1, -0.05) is 123 Å². The van der Waals surface area contributed by atoms with Crippen LogP contribution in [-0.4, -0.2) is 104 Å². The molecule has 0 rings (SSSR count). The summed E-state index contributed by atoms with van der Waals surface area (Å²) in [5.74, 6) is -5.16. The summed E-state index contributed by atoms with van der Waals surface area (Å²) in [4.78, 5) is 54.8. The normalized spacial score (nSPS) is 10.8. The van der Waals surface area contributed by atoms with Crippen molar-refractivity contribution in [2.75, 3.05) is 45.1 Å². The number of amides is 1. The van der Waals surface area contributed by atoms with E-state index in [9.17, 15) is 47.2 Å². The van der Waals surface area contributed by atoms with E-state index in [1.807, 2.05) is 0 Å². The first-order valence-electron chi connectivity index (χ1n) is 19.4. The van der Waals surface area contributed by atoms with E-state index in [1.165, 1.54) is 102 Å². The molecule has 15 nitrogen and oxygen atoms in total. The third-order valence-corrected chi connectivity index (χ3v) is 8.34. The molecule has 19 heteroatoms. The van der Waals surface area contributed by atoms with Gasteiger partial charge in [0.2, 0.25) is 5.91 Å². The van der Waals surface area contributed by atoms with Gasteiger partial charge in [-0.3, -0.25) is 19.3 Å². The number of hydrogen-bond donors (Lipinski definition) is 2. The van der Waals surface area contributed by atoms with Crippen LogP contribution in [0.1, 0.15) is 156 Å². The van der Waals surface area contributed by atoms with Crippen LogP contribution in [0.25, 0.3) is 0 Å². The van der Waals surface area contributed by atoms with Gasteiger partial charge in [0.05, 0.1) is 25.2 Å². The van der Waals surface area contributed by atoms with Crippen molar-refractivity contribution in [1.82, 2.24) is 10.2 Å². The van der Waals surface area contributed by atoms with Crippen molar-refractivity contribution in [3.8, 4) is 0 Å². The average Bonchev–Trinajstić information content (AvgIpc) is 3.06. The Bertz CT molecular complexity index is 1060. The van der Waals surface area contributed by atoms with Gasteiger partial charge in [0.25, 0.3) is 0 Å². The zero-order valence-electron chi connectivity index (χ0n) is 35.9. The molecule has 314 valence electrons. The van der Waals surface area contributed by atoms with Crippen molar-refractivity contribution < 1.29 is 150 Å². The van der Waals surface area contributed by atoms with E-state index >= 15 is 0 Å². The Kier molecular flexibility index (Phi) is 60.1. The van der Waals surface area contributed by atoms with E-state index in [-0.39, 0.29) is 121 Å². The molecule has 0 spiro atoms. The Morgan fingerprint density at radius 3 is 1.50 bits per heavy atom. The maximum Gasteiger partial charge on any atom is 1.00 e. The molecule has 0 heterocycles. The second-order valence-corrected chi connectivity index (χ2v) is 14.4. The monoisotopic (exact) mass is 850 g/mol. The van der Waals surface area contributed by atoms with Crippen LogP contribution < -0.4 is 104 Å². The minimum Gasteiger partial charge on any atom is -0.748 e. The van der Waals surface area contributed by atoms with Crippen molar-refractivity contribution in [1.29, 1.82) is 0 Å². The SMILES string of the molecule is CC(=O)NCCN(CCO)CC(=O)[O-].CCCCCCCCCCCC(=O)OC(C)C(=O)[O-].CCCCCCCCCCCCOC(=O)CS(=O)(=O)[O-].[Na+].[Na+].[Na+]. The molecule has 0 aliphatic rings. The van der Waals surface area contributed by atoms with E-state index in [1.54, 1.807) is 0 Å². The number of carbonyl (C=O) groups is 5. The fraction of sp³-hybridized carbons (Fsp3) is 0.865. The summed E-state index contributed by atoms with van der Waals surface area (Å²) in [6.07, 6.45) is 21.5. The summed E-state index contributed by atoms with van der Waals surface area (Å²) in [7, 11) is -4.51. The second-order valence-electron chi connectivity index (χ2n) is 13.0. The Hall–Kier alpha value is 0.180. The molecule has 0 saturated carbocycles. The minimum absolute atomic E-state index is 0. The van der Waals surface area contributed by atoms with Crippen LogP contribution in [0, 0.1) is 0 Å². The second kappa shape index (κ2) is 49.5. The van der Waals surface area contributed by atoms with E-state index in [2.05, 4.69) is 28.6 Å². The molecule has 2 N–H and O–H groups in total. The quantitative estimate of drug-likeness (QED) is 0.0277. The average molecular weight is 851 g/mol. The van der Waals surface area contributed by atoms with Crippen LogP contribution in [0.5, 0.6) is 0 Å². The van der Waals surface area contributed by atoms with Gasteiger partial charge in [0.15, 0.2) is 0 Å². The summed E-state index contributed by atoms with van der Waals surface area (Å²) in [5.41, 5.74) is 0. The maximum atomic E-state index is 11.3. The molecule has 1 amide bonds. The molecule has 0 aliphatic heterocycles. The number of unbranched alkanes of at least 4 members (excludes halogenated alkanes) is 17. The molecule has 0 aromatic carbocycles. The first kappa shape index (κ1) is 67.9. The van der Waals surface area contributed by atoms with Crippen molar-refractivity contribution in [3.05, 3.63) is 0 Å². The van der Waals surface area contributed by atoms with Gasteiger partial charge < -0.3 is 44.3 Å². The number of aliphatic hydroxyl groups excluding tert-OH is 1. The number of aliphatic carboxylic acids is 2. The molecular formula is C37H69N2Na3O13S. The van der Waals surface area contributed by atoms with Crippen molar-refractivity contribution >= 4 is 39.9 Å². The smallest absolute Gasteiger partial charge is 0.748 e. The largest absolute Gasteiger partial charge is 1.00 e. The Labute approximate surface area is 403 Å². The van der Waals surface area contributed by atoms with Gasteiger partial charge in [-0.25, -0.2) is 8.42 Å². The topological polar surface area (TPSA) is 243 Å². The summed E-state index contributed by atoms with van der Waals surface area (Å²) in [6.45, 7) is 7.96. The third kappa shape index (κ3) is 60.9. The predicted molar refractivity (Wildman–Crippen MR) is 197 cm³/mol. The van der Waals surface area contributed by atoms with Crippen LogP contribution in [0.2, 0.25) is 0 Å². The molecule has 0 aromatic heterocycles. The summed E-state index contributed by atoms with van der Waals surface area (Å²) in [6, 6.07) is 0. The van der Waals surface area contributed by atoms with Gasteiger partial charge in [-0.05, 0) is 19.8 Å². The minimum atomic E-state index is -4.51. The number of hydrogen-bond acceptors (Lipinski definition) is 14. The Morgan fingerprint density at radius 2 is 1.12 bits per heavy atom. The van der Waals surface area contributed by atoms with Crippen molar-refractivity contribution in [2.24, 2.45) is 0 Å². The number of nitrogens with one attached hydrogen (secondary N) is 1. The van der Waals surface area contributed by atoms with E-state index < -0.39 is 45.9 Å². The van der Waals surface area contributed by atoms with Gasteiger partial charge in [0.1, 0.15) is 22.0 Å². The zero-order chi connectivity index (χ0) is 40.8. The molecule has 1 unspecified atom stereocenters. The molecule has 0 radical (unpaired) electrons. The number of aliphatic hydroxyl groups is 1.